The standard InChI is InChI=1S/C22H18ClN3O3S/c23-17-9-5-4-8-16(17)13-26-21(28)20-18(10-11-30-20)25(22(26)29)14-19(27)24-12-15-6-2-1-3-7-15/h1-11H,12-14H2,(H,24,27). The van der Waals surface area contributed by atoms with Crippen molar-refractivity contribution >= 4 is 39.1 Å². The number of nitrogens with zero attached hydrogens (tertiary/aromatic N) is 2. The van der Waals surface area contributed by atoms with Gasteiger partial charge >= 0.3 is 5.69 Å². The summed E-state index contributed by atoms with van der Waals surface area (Å²) in [6.07, 6.45) is 0. The lowest BCUT2D eigenvalue weighted by molar-refractivity contribution is -0.121. The molecule has 2 aromatic heterocycles. The van der Waals surface area contributed by atoms with Gasteiger partial charge in [-0.25, -0.2) is 4.79 Å². The highest BCUT2D eigenvalue weighted by atomic mass is 35.5. The molecule has 0 radical (unpaired) electrons. The zero-order valence-corrected chi connectivity index (χ0v) is 17.4. The van der Waals surface area contributed by atoms with Crippen LogP contribution < -0.4 is 16.6 Å². The Morgan fingerprint density at radius 1 is 0.967 bits per heavy atom. The summed E-state index contributed by atoms with van der Waals surface area (Å²) >= 11 is 7.46. The minimum Gasteiger partial charge on any atom is -0.350 e. The lowest BCUT2D eigenvalue weighted by Crippen LogP contribution is -2.42. The zero-order valence-electron chi connectivity index (χ0n) is 15.9. The van der Waals surface area contributed by atoms with Gasteiger partial charge in [-0.05, 0) is 28.6 Å². The molecule has 0 fully saturated rings. The highest BCUT2D eigenvalue weighted by molar-refractivity contribution is 7.17. The van der Waals surface area contributed by atoms with Crippen molar-refractivity contribution in [1.82, 2.24) is 14.5 Å². The second kappa shape index (κ2) is 8.69. The number of halogens is 1. The summed E-state index contributed by atoms with van der Waals surface area (Å²) in [5.41, 5.74) is 1.16. The van der Waals surface area contributed by atoms with Gasteiger partial charge in [-0.15, -0.1) is 11.3 Å². The normalized spacial score (nSPS) is 11.0. The van der Waals surface area contributed by atoms with E-state index in [4.69, 9.17) is 11.6 Å². The smallest absolute Gasteiger partial charge is 0.332 e. The van der Waals surface area contributed by atoms with Gasteiger partial charge in [0.05, 0.1) is 12.1 Å². The van der Waals surface area contributed by atoms with Gasteiger partial charge in [-0.1, -0.05) is 60.1 Å². The third-order valence-electron chi connectivity index (χ3n) is 4.76. The summed E-state index contributed by atoms with van der Waals surface area (Å²) in [4.78, 5) is 38.6. The molecule has 0 saturated heterocycles. The van der Waals surface area contributed by atoms with Crippen molar-refractivity contribution in [3.63, 3.8) is 0 Å². The minimum atomic E-state index is -0.541. The van der Waals surface area contributed by atoms with Crippen molar-refractivity contribution in [2.45, 2.75) is 19.6 Å². The van der Waals surface area contributed by atoms with Crippen molar-refractivity contribution < 1.29 is 4.79 Å². The van der Waals surface area contributed by atoms with Crippen molar-refractivity contribution in [3.05, 3.63) is 103 Å². The van der Waals surface area contributed by atoms with Crippen molar-refractivity contribution in [1.29, 1.82) is 0 Å². The van der Waals surface area contributed by atoms with E-state index in [2.05, 4.69) is 5.32 Å². The second-order valence-corrected chi connectivity index (χ2v) is 8.07. The third kappa shape index (κ3) is 4.08. The second-order valence-electron chi connectivity index (χ2n) is 6.75. The minimum absolute atomic E-state index is 0.0385. The van der Waals surface area contributed by atoms with Gasteiger partial charge in [0.15, 0.2) is 0 Å². The first-order chi connectivity index (χ1) is 14.5. The highest BCUT2D eigenvalue weighted by Crippen LogP contribution is 2.18. The van der Waals surface area contributed by atoms with E-state index in [0.29, 0.717) is 27.3 Å². The molecular formula is C22H18ClN3O3S. The van der Waals surface area contributed by atoms with Crippen LogP contribution in [0.25, 0.3) is 10.2 Å². The number of nitrogens with one attached hydrogen (secondary N) is 1. The Kier molecular flexibility index (Phi) is 5.83. The van der Waals surface area contributed by atoms with Crippen LogP contribution in [-0.4, -0.2) is 15.0 Å². The van der Waals surface area contributed by atoms with Crippen molar-refractivity contribution in [2.24, 2.45) is 0 Å². The van der Waals surface area contributed by atoms with Gasteiger partial charge in [0.1, 0.15) is 11.2 Å². The number of aromatic nitrogens is 2. The maximum atomic E-state index is 13.1. The van der Waals surface area contributed by atoms with Crippen LogP contribution >= 0.6 is 22.9 Å². The van der Waals surface area contributed by atoms with Crippen LogP contribution in [0.5, 0.6) is 0 Å². The Morgan fingerprint density at radius 3 is 2.47 bits per heavy atom. The molecule has 0 bridgehead atoms. The fourth-order valence-electron chi connectivity index (χ4n) is 3.22. The predicted molar refractivity (Wildman–Crippen MR) is 119 cm³/mol. The van der Waals surface area contributed by atoms with Crippen LogP contribution in [0.4, 0.5) is 0 Å². The molecule has 0 aliphatic rings. The average molecular weight is 440 g/mol. The van der Waals surface area contributed by atoms with Crippen LogP contribution in [0.1, 0.15) is 11.1 Å². The van der Waals surface area contributed by atoms with E-state index in [1.54, 1.807) is 35.7 Å². The average Bonchev–Trinajstić information content (AvgIpc) is 3.25. The van der Waals surface area contributed by atoms with Gasteiger partial charge in [0.25, 0.3) is 5.56 Å². The first-order valence-corrected chi connectivity index (χ1v) is 10.5. The third-order valence-corrected chi connectivity index (χ3v) is 6.02. The van der Waals surface area contributed by atoms with Gasteiger partial charge < -0.3 is 5.32 Å². The molecule has 152 valence electrons. The number of carbonyl (C=O) groups excluding carboxylic acids is 1. The summed E-state index contributed by atoms with van der Waals surface area (Å²) < 4.78 is 2.90. The monoisotopic (exact) mass is 439 g/mol. The largest absolute Gasteiger partial charge is 0.350 e. The number of amides is 1. The molecular weight excluding hydrogens is 422 g/mol. The Bertz CT molecular complexity index is 1320. The fraction of sp³-hybridized carbons (Fsp3) is 0.136. The highest BCUT2D eigenvalue weighted by Gasteiger charge is 2.17. The fourth-order valence-corrected chi connectivity index (χ4v) is 4.26. The molecule has 0 atom stereocenters. The molecule has 4 rings (SSSR count). The summed E-state index contributed by atoms with van der Waals surface area (Å²) in [7, 11) is 0. The van der Waals surface area contributed by atoms with Gasteiger partial charge in [-0.2, -0.15) is 0 Å². The first kappa shape index (κ1) is 20.1. The van der Waals surface area contributed by atoms with E-state index in [0.717, 1.165) is 10.1 Å². The Balaban J connectivity index is 1.67. The predicted octanol–water partition coefficient (Wildman–Crippen LogP) is 3.24. The van der Waals surface area contributed by atoms with E-state index in [1.165, 1.54) is 15.9 Å². The van der Waals surface area contributed by atoms with Crippen LogP contribution in [0.2, 0.25) is 5.02 Å². The molecule has 2 aromatic carbocycles. The van der Waals surface area contributed by atoms with Crippen LogP contribution in [-0.2, 0) is 24.4 Å². The van der Waals surface area contributed by atoms with Crippen molar-refractivity contribution in [3.8, 4) is 0 Å². The lowest BCUT2D eigenvalue weighted by Gasteiger charge is -2.13. The van der Waals surface area contributed by atoms with Gasteiger partial charge in [0.2, 0.25) is 5.91 Å². The molecule has 30 heavy (non-hydrogen) atoms. The lowest BCUT2D eigenvalue weighted by atomic mass is 10.2. The van der Waals surface area contributed by atoms with Gasteiger partial charge in [-0.3, -0.25) is 18.7 Å². The summed E-state index contributed by atoms with van der Waals surface area (Å²) in [5, 5.41) is 5.03. The van der Waals surface area contributed by atoms with Crippen LogP contribution in [0, 0.1) is 0 Å². The number of rotatable bonds is 6. The molecule has 0 unspecified atom stereocenters. The molecule has 6 nitrogen and oxygen atoms in total. The number of hydrogen-bond donors (Lipinski definition) is 1. The molecule has 0 aliphatic carbocycles. The Morgan fingerprint density at radius 2 is 1.70 bits per heavy atom. The molecule has 0 saturated carbocycles. The van der Waals surface area contributed by atoms with E-state index < -0.39 is 5.69 Å². The molecule has 1 N–H and O–H groups in total. The van der Waals surface area contributed by atoms with E-state index in [9.17, 15) is 14.4 Å². The Labute approximate surface area is 181 Å². The molecule has 8 heteroatoms. The molecule has 0 spiro atoms. The Hall–Kier alpha value is -3.16. The quantitative estimate of drug-likeness (QED) is 0.501. The summed E-state index contributed by atoms with van der Waals surface area (Å²) in [6.45, 7) is 0.221. The van der Waals surface area contributed by atoms with Crippen molar-refractivity contribution in [2.75, 3.05) is 0 Å². The number of hydrogen-bond acceptors (Lipinski definition) is 4. The van der Waals surface area contributed by atoms with E-state index >= 15 is 0 Å². The van der Waals surface area contributed by atoms with Crippen LogP contribution in [0.3, 0.4) is 0 Å². The van der Waals surface area contributed by atoms with Crippen LogP contribution in [0.15, 0.2) is 75.6 Å². The molecule has 4 aromatic rings. The number of carbonyl (C=O) groups is 1. The maximum absolute atomic E-state index is 13.1. The number of thiophene rings is 1. The maximum Gasteiger partial charge on any atom is 0.332 e. The summed E-state index contributed by atoms with van der Waals surface area (Å²) in [5.74, 6) is -0.309. The topological polar surface area (TPSA) is 73.1 Å². The summed E-state index contributed by atoms with van der Waals surface area (Å²) in [6, 6.07) is 18.3. The molecule has 0 aliphatic heterocycles. The zero-order chi connectivity index (χ0) is 21.1. The molecule has 2 heterocycles. The van der Waals surface area contributed by atoms with E-state index in [-0.39, 0.29) is 24.6 Å². The first-order valence-electron chi connectivity index (χ1n) is 9.29. The molecule has 1 amide bonds. The van der Waals surface area contributed by atoms with E-state index in [1.807, 2.05) is 30.3 Å². The van der Waals surface area contributed by atoms with Gasteiger partial charge in [0, 0.05) is 11.6 Å². The SMILES string of the molecule is O=C(Cn1c(=O)n(Cc2ccccc2Cl)c(=O)c2sccc21)NCc1ccccc1. The number of benzene rings is 2. The number of fused-ring (bicyclic) bond motifs is 1.